The van der Waals surface area contributed by atoms with Crippen LogP contribution in [0.5, 0.6) is 0 Å². The molecule has 0 unspecified atom stereocenters. The van der Waals surface area contributed by atoms with E-state index in [1.807, 2.05) is 0 Å². The number of aryl methyl sites for hydroxylation is 1. The molecule has 0 spiro atoms. The monoisotopic (exact) mass is 728 g/mol. The molecular weight excluding hydrogens is 679 g/mol. The summed E-state index contributed by atoms with van der Waals surface area (Å²) in [6.07, 6.45) is 9.57. The van der Waals surface area contributed by atoms with Crippen molar-refractivity contribution in [3.63, 3.8) is 0 Å². The Hall–Kier alpha value is -2.05. The Morgan fingerprint density at radius 1 is 0.761 bits per heavy atom. The number of fused-ring (bicyclic) bond motifs is 5. The van der Waals surface area contributed by atoms with Gasteiger partial charge >= 0.3 is 269 Å². The maximum absolute atomic E-state index is 5.53. The molecule has 0 heterocycles. The van der Waals surface area contributed by atoms with Crippen LogP contribution >= 0.6 is 24.8 Å². The van der Waals surface area contributed by atoms with E-state index >= 15 is 0 Å². The Kier molecular flexibility index (Phi) is 8.22. The van der Waals surface area contributed by atoms with E-state index in [0.717, 1.165) is 12.8 Å². The number of halogens is 2. The second kappa shape index (κ2) is 10.7. The Morgan fingerprint density at radius 2 is 1.33 bits per heavy atom. The molecule has 0 aromatic heterocycles. The van der Waals surface area contributed by atoms with Gasteiger partial charge in [0.05, 0.1) is 0 Å². The molecule has 0 saturated heterocycles. The van der Waals surface area contributed by atoms with E-state index in [-0.39, 0.29) is 41.1 Å². The van der Waals surface area contributed by atoms with Crippen LogP contribution in [0, 0.1) is 12.3 Å². The van der Waals surface area contributed by atoms with Crippen LogP contribution in [0.25, 0.3) is 22.3 Å². The fraction of sp³-hybridized carbons (Fsp3) is 0.372. The summed E-state index contributed by atoms with van der Waals surface area (Å²) < 4.78 is 12.9. The zero-order valence-corrected chi connectivity index (χ0v) is 33.9. The summed E-state index contributed by atoms with van der Waals surface area (Å²) in [6.45, 7) is 23.7. The summed E-state index contributed by atoms with van der Waals surface area (Å²) in [4.78, 5) is 0. The first-order valence-corrected chi connectivity index (χ1v) is 24.5. The first kappa shape index (κ1) is 35.3. The van der Waals surface area contributed by atoms with Crippen molar-refractivity contribution in [2.24, 2.45) is 5.41 Å². The maximum atomic E-state index is 5.53. The van der Waals surface area contributed by atoms with E-state index in [9.17, 15) is 0 Å². The van der Waals surface area contributed by atoms with Gasteiger partial charge in [-0.25, -0.2) is 0 Å². The van der Waals surface area contributed by atoms with Crippen LogP contribution < -0.4 is 3.27 Å². The van der Waals surface area contributed by atoms with Gasteiger partial charge in [0.1, 0.15) is 0 Å². The van der Waals surface area contributed by atoms with Crippen molar-refractivity contribution in [2.45, 2.75) is 97.5 Å². The van der Waals surface area contributed by atoms with Crippen LogP contribution in [-0.2, 0) is 35.5 Å². The number of hydrogen-bond donors (Lipinski definition) is 0. The van der Waals surface area contributed by atoms with Gasteiger partial charge in [-0.1, -0.05) is 0 Å². The molecule has 3 aromatic rings. The topological polar surface area (TPSA) is 0 Å². The molecule has 4 aliphatic rings. The number of rotatable bonds is 3. The van der Waals surface area contributed by atoms with Crippen LogP contribution in [0.3, 0.4) is 0 Å². The molecule has 0 radical (unpaired) electrons. The third-order valence-electron chi connectivity index (χ3n) is 12.0. The van der Waals surface area contributed by atoms with Crippen LogP contribution in [-0.4, -0.2) is 4.21 Å². The molecule has 0 saturated carbocycles. The molecule has 0 aliphatic heterocycles. The van der Waals surface area contributed by atoms with Crippen molar-refractivity contribution in [1.29, 1.82) is 0 Å². The molecule has 0 amide bonds. The van der Waals surface area contributed by atoms with Crippen LogP contribution in [0.2, 0.25) is 4.63 Å². The van der Waals surface area contributed by atoms with Crippen molar-refractivity contribution >= 4 is 43.4 Å². The summed E-state index contributed by atoms with van der Waals surface area (Å²) in [6, 6.07) is 19.7. The predicted molar refractivity (Wildman–Crippen MR) is 206 cm³/mol. The Morgan fingerprint density at radius 3 is 1.89 bits per heavy atom. The third-order valence-corrected chi connectivity index (χ3v) is 27.6. The van der Waals surface area contributed by atoms with Crippen molar-refractivity contribution in [2.75, 3.05) is 0 Å². The zero-order valence-electron chi connectivity index (χ0n) is 29.8. The first-order chi connectivity index (χ1) is 20.3. The van der Waals surface area contributed by atoms with Gasteiger partial charge in [0.25, 0.3) is 0 Å². The summed E-state index contributed by atoms with van der Waals surface area (Å²) in [7, 11) is 0. The van der Waals surface area contributed by atoms with Crippen molar-refractivity contribution in [3.8, 4) is 11.1 Å². The Bertz CT molecular complexity index is 2020. The molecule has 0 atom stereocenters. The quantitative estimate of drug-likeness (QED) is 0.197. The van der Waals surface area contributed by atoms with Gasteiger partial charge < -0.3 is 0 Å². The van der Waals surface area contributed by atoms with E-state index in [1.54, 1.807) is 6.56 Å². The number of benzene rings is 3. The van der Waals surface area contributed by atoms with Crippen LogP contribution in [0.15, 0.2) is 78.9 Å². The van der Waals surface area contributed by atoms with Crippen molar-refractivity contribution in [1.82, 2.24) is 0 Å². The van der Waals surface area contributed by atoms with Crippen LogP contribution in [0.4, 0.5) is 0 Å². The van der Waals surface area contributed by atoms with E-state index in [0.29, 0.717) is 0 Å². The zero-order chi connectivity index (χ0) is 31.8. The Labute approximate surface area is 291 Å². The van der Waals surface area contributed by atoms with E-state index in [1.165, 1.54) is 70.1 Å². The molecule has 0 fully saturated rings. The van der Waals surface area contributed by atoms with Crippen molar-refractivity contribution < 1.29 is 18.3 Å². The average Bonchev–Trinajstić information content (AvgIpc) is 3.65. The molecule has 7 rings (SSSR count). The minimum atomic E-state index is -4.28. The average molecular weight is 731 g/mol. The van der Waals surface area contributed by atoms with E-state index in [4.69, 9.17) is 4.21 Å². The van der Waals surface area contributed by atoms with Gasteiger partial charge in [-0.05, 0) is 0 Å². The summed E-state index contributed by atoms with van der Waals surface area (Å²) in [5.74, 6) is 0. The van der Waals surface area contributed by atoms with Gasteiger partial charge in [0.2, 0.25) is 0 Å². The molecule has 0 bridgehead atoms. The van der Waals surface area contributed by atoms with Gasteiger partial charge in [-0.15, -0.1) is 24.8 Å². The number of allylic oxidation sites excluding steroid dienone is 8. The molecule has 3 aromatic carbocycles. The SMILES string of the molecule is Cl.Cl.[CH2]=[Zr]([CH3])([C]1=CC(C(C)(C)C)=CC1)([C]1=C(C)c2cc3c(cc2C1(C)C)Cc1cc2c(cc1-3)C(C)=CC2(C)C)[c]1ccc(C)cc1. The standard InChI is InChI=1S/C25H25.C9H13.C7H7.CH3.CH2.2ClH.Zr/c1-14-12-24(3,4)22-8-16-7-17-9-23-19(15(2)13-25(23,5)6)11-21(17)20(16)10-18(14)22;1-9(2,3)8-6-4-5-7-8;1-7-5-3-2-4-6-7;;;;;/h8-12H,7H2,1-6H3;6-7H,4H2,1-3H3;3-6H,1H3;1H3;1H2;2*1H;. The second-order valence-electron chi connectivity index (χ2n) is 17.1. The second-order valence-corrected chi connectivity index (χ2v) is 31.2. The van der Waals surface area contributed by atoms with Crippen LogP contribution in [0.1, 0.15) is 108 Å². The molecule has 242 valence electrons. The fourth-order valence-corrected chi connectivity index (χ4v) is 25.1. The third kappa shape index (κ3) is 4.73. The van der Waals surface area contributed by atoms with Crippen molar-refractivity contribution in [3.05, 3.63) is 118 Å². The molecule has 46 heavy (non-hydrogen) atoms. The van der Waals surface area contributed by atoms with Gasteiger partial charge in [0.15, 0.2) is 0 Å². The molecule has 0 nitrogen and oxygen atoms in total. The summed E-state index contributed by atoms with van der Waals surface area (Å²) >= 11 is -4.28. The van der Waals surface area contributed by atoms with Gasteiger partial charge in [0, 0.05) is 0 Å². The van der Waals surface area contributed by atoms with Gasteiger partial charge in [-0.2, -0.15) is 0 Å². The minimum absolute atomic E-state index is 0. The molecular formula is C43H52Cl2Zr. The first-order valence-electron chi connectivity index (χ1n) is 16.6. The summed E-state index contributed by atoms with van der Waals surface area (Å²) in [5.41, 5.74) is 17.6. The predicted octanol–water partition coefficient (Wildman–Crippen LogP) is 11.9. The molecule has 4 aliphatic carbocycles. The number of hydrogen-bond acceptors (Lipinski definition) is 0. The van der Waals surface area contributed by atoms with E-state index < -0.39 is 18.3 Å². The normalized spacial score (nSPS) is 18.9. The Balaban J connectivity index is 0.00000208. The summed E-state index contributed by atoms with van der Waals surface area (Å²) in [5, 5.41) is 0. The molecule has 0 N–H and O–H groups in total. The van der Waals surface area contributed by atoms with E-state index in [2.05, 4.69) is 141 Å². The fourth-order valence-electron chi connectivity index (χ4n) is 9.78. The molecule has 3 heteroatoms. The van der Waals surface area contributed by atoms with Gasteiger partial charge in [-0.3, -0.25) is 0 Å².